The Kier molecular flexibility index (Phi) is 6.61. The number of para-hydroxylation sites is 1. The zero-order valence-electron chi connectivity index (χ0n) is 15.0. The Morgan fingerprint density at radius 3 is 2.63 bits per heavy atom. The number of hydrogen-bond acceptors (Lipinski definition) is 6. The Labute approximate surface area is 162 Å². The molecule has 0 unspecified atom stereocenters. The molecule has 8 nitrogen and oxygen atoms in total. The molecule has 0 spiro atoms. The first-order valence-electron chi connectivity index (χ1n) is 9.02. The van der Waals surface area contributed by atoms with Gasteiger partial charge in [0.1, 0.15) is 10.6 Å². The third-order valence-electron chi connectivity index (χ3n) is 4.34. The molecule has 0 aliphatic carbocycles. The van der Waals surface area contributed by atoms with E-state index in [1.54, 1.807) is 12.1 Å². The predicted molar refractivity (Wildman–Crippen MR) is 108 cm³/mol. The van der Waals surface area contributed by atoms with E-state index in [2.05, 4.69) is 25.2 Å². The monoisotopic (exact) mass is 388 g/mol. The van der Waals surface area contributed by atoms with E-state index in [0.29, 0.717) is 17.2 Å². The Morgan fingerprint density at radius 1 is 1.15 bits per heavy atom. The summed E-state index contributed by atoms with van der Waals surface area (Å²) >= 11 is 0.987. The van der Waals surface area contributed by atoms with E-state index < -0.39 is 5.91 Å². The Morgan fingerprint density at radius 2 is 1.89 bits per heavy atom. The summed E-state index contributed by atoms with van der Waals surface area (Å²) in [4.78, 5) is 27.0. The van der Waals surface area contributed by atoms with Gasteiger partial charge in [0.05, 0.1) is 0 Å². The fourth-order valence-corrected chi connectivity index (χ4v) is 3.69. The summed E-state index contributed by atoms with van der Waals surface area (Å²) in [5.41, 5.74) is 6.65. The lowest BCUT2D eigenvalue weighted by Crippen LogP contribution is -2.32. The third kappa shape index (κ3) is 5.41. The van der Waals surface area contributed by atoms with Gasteiger partial charge < -0.3 is 21.3 Å². The molecule has 0 saturated carbocycles. The van der Waals surface area contributed by atoms with Gasteiger partial charge in [-0.15, -0.1) is 0 Å². The van der Waals surface area contributed by atoms with Gasteiger partial charge in [-0.2, -0.15) is 4.37 Å². The van der Waals surface area contributed by atoms with Crippen molar-refractivity contribution in [3.8, 4) is 0 Å². The minimum atomic E-state index is -0.406. The van der Waals surface area contributed by atoms with Crippen molar-refractivity contribution in [1.29, 1.82) is 0 Å². The van der Waals surface area contributed by atoms with Gasteiger partial charge in [0.15, 0.2) is 5.82 Å². The minimum Gasteiger partial charge on any atom is -0.382 e. The highest BCUT2D eigenvalue weighted by Crippen LogP contribution is 2.27. The summed E-state index contributed by atoms with van der Waals surface area (Å²) in [5.74, 6) is -0.311. The Balaban J connectivity index is 1.51. The fraction of sp³-hybridized carbons (Fsp3) is 0.389. The molecule has 2 aromatic rings. The van der Waals surface area contributed by atoms with Crippen molar-refractivity contribution in [3.05, 3.63) is 35.9 Å². The molecule has 1 aromatic carbocycles. The number of likely N-dealkylation sites (tertiary alicyclic amines) is 1. The van der Waals surface area contributed by atoms with Crippen molar-refractivity contribution in [1.82, 2.24) is 14.6 Å². The molecule has 144 valence electrons. The molecule has 2 heterocycles. The normalized spacial score (nSPS) is 14.1. The highest BCUT2D eigenvalue weighted by atomic mass is 32.1. The number of amides is 3. The van der Waals surface area contributed by atoms with Gasteiger partial charge in [-0.05, 0) is 62.6 Å². The zero-order valence-corrected chi connectivity index (χ0v) is 15.8. The van der Waals surface area contributed by atoms with Crippen molar-refractivity contribution >= 4 is 40.0 Å². The smallest absolute Gasteiger partial charge is 0.319 e. The van der Waals surface area contributed by atoms with E-state index in [-0.39, 0.29) is 17.4 Å². The lowest BCUT2D eigenvalue weighted by Gasteiger charge is -2.14. The largest absolute Gasteiger partial charge is 0.382 e. The molecule has 1 saturated heterocycles. The van der Waals surface area contributed by atoms with Crippen LogP contribution in [0.4, 0.5) is 21.3 Å². The quantitative estimate of drug-likeness (QED) is 0.545. The van der Waals surface area contributed by atoms with Crippen LogP contribution >= 0.6 is 11.5 Å². The second kappa shape index (κ2) is 9.33. The van der Waals surface area contributed by atoms with E-state index in [1.165, 1.54) is 12.8 Å². The first-order valence-corrected chi connectivity index (χ1v) is 9.79. The van der Waals surface area contributed by atoms with Gasteiger partial charge in [0.25, 0.3) is 5.91 Å². The van der Waals surface area contributed by atoms with E-state index in [0.717, 1.165) is 37.6 Å². The number of hydrogen-bond donors (Lipinski definition) is 4. The summed E-state index contributed by atoms with van der Waals surface area (Å²) in [6.45, 7) is 3.85. The molecule has 27 heavy (non-hydrogen) atoms. The number of nitrogens with zero attached hydrogens (tertiary/aromatic N) is 2. The number of carbonyl (C=O) groups is 2. The van der Waals surface area contributed by atoms with Crippen LogP contribution in [-0.2, 0) is 0 Å². The molecule has 1 aliphatic rings. The van der Waals surface area contributed by atoms with Crippen LogP contribution in [-0.4, -0.2) is 47.4 Å². The summed E-state index contributed by atoms with van der Waals surface area (Å²) in [7, 11) is 0. The van der Waals surface area contributed by atoms with Gasteiger partial charge in [-0.3, -0.25) is 10.1 Å². The molecule has 0 radical (unpaired) electrons. The molecule has 0 atom stereocenters. The number of rotatable bonds is 7. The van der Waals surface area contributed by atoms with Crippen LogP contribution in [0.15, 0.2) is 30.3 Å². The number of urea groups is 1. The molecule has 1 aromatic heterocycles. The molecular weight excluding hydrogens is 364 g/mol. The number of anilines is 3. The number of nitrogens with one attached hydrogen (secondary N) is 3. The highest BCUT2D eigenvalue weighted by molar-refractivity contribution is 7.11. The van der Waals surface area contributed by atoms with Crippen molar-refractivity contribution in [3.63, 3.8) is 0 Å². The van der Waals surface area contributed by atoms with E-state index in [1.807, 2.05) is 18.2 Å². The van der Waals surface area contributed by atoms with Crippen molar-refractivity contribution in [2.24, 2.45) is 0 Å². The van der Waals surface area contributed by atoms with Gasteiger partial charge in [-0.1, -0.05) is 18.2 Å². The lowest BCUT2D eigenvalue weighted by atomic mass is 10.2. The molecule has 1 fully saturated rings. The van der Waals surface area contributed by atoms with E-state index >= 15 is 0 Å². The number of benzene rings is 1. The molecule has 9 heteroatoms. The maximum Gasteiger partial charge on any atom is 0.319 e. The number of carbonyl (C=O) groups excluding carboxylic acids is 2. The summed E-state index contributed by atoms with van der Waals surface area (Å²) < 4.78 is 3.99. The van der Waals surface area contributed by atoms with Gasteiger partial charge in [0.2, 0.25) is 0 Å². The average molecular weight is 388 g/mol. The SMILES string of the molecule is Nc1nsc(NC(=O)NCCCN2CCCC2)c1C(=O)Nc1ccccc1. The van der Waals surface area contributed by atoms with Gasteiger partial charge in [0, 0.05) is 12.2 Å². The lowest BCUT2D eigenvalue weighted by molar-refractivity contribution is 0.102. The van der Waals surface area contributed by atoms with E-state index in [4.69, 9.17) is 5.73 Å². The average Bonchev–Trinajstić information content (AvgIpc) is 3.29. The maximum absolute atomic E-state index is 12.5. The number of aromatic nitrogens is 1. The minimum absolute atomic E-state index is 0.0952. The van der Waals surface area contributed by atoms with E-state index in [9.17, 15) is 9.59 Å². The highest BCUT2D eigenvalue weighted by Gasteiger charge is 2.21. The van der Waals surface area contributed by atoms with Crippen LogP contribution in [0.25, 0.3) is 0 Å². The number of nitrogen functional groups attached to an aromatic ring is 1. The molecule has 3 rings (SSSR count). The first-order chi connectivity index (χ1) is 13.1. The maximum atomic E-state index is 12.5. The molecular formula is C18H24N6O2S. The van der Waals surface area contributed by atoms with Crippen molar-refractivity contribution in [2.75, 3.05) is 42.5 Å². The first kappa shape index (κ1) is 19.1. The predicted octanol–water partition coefficient (Wildman–Crippen LogP) is 2.58. The van der Waals surface area contributed by atoms with Crippen LogP contribution in [0.1, 0.15) is 29.6 Å². The number of nitrogens with two attached hydrogens (primary N) is 1. The Hall–Kier alpha value is -2.65. The van der Waals surface area contributed by atoms with Crippen LogP contribution in [0.3, 0.4) is 0 Å². The van der Waals surface area contributed by atoms with Crippen molar-refractivity contribution < 1.29 is 9.59 Å². The zero-order chi connectivity index (χ0) is 19.1. The fourth-order valence-electron chi connectivity index (χ4n) is 2.98. The standard InChI is InChI=1S/C18H24N6O2S/c19-15-14(16(25)21-13-7-2-1-3-8-13)17(27-23-15)22-18(26)20-9-6-12-24-10-4-5-11-24/h1-3,7-8H,4-6,9-12H2,(H2,19,23)(H,21,25)(H2,20,22,26). The summed E-state index contributed by atoms with van der Waals surface area (Å²) in [6, 6.07) is 8.67. The molecule has 5 N–H and O–H groups in total. The topological polar surface area (TPSA) is 112 Å². The molecule has 0 bridgehead atoms. The Bertz CT molecular complexity index is 773. The van der Waals surface area contributed by atoms with Crippen molar-refractivity contribution in [2.45, 2.75) is 19.3 Å². The second-order valence-corrected chi connectivity index (χ2v) is 7.15. The van der Waals surface area contributed by atoms with Crippen LogP contribution in [0.5, 0.6) is 0 Å². The van der Waals surface area contributed by atoms with Crippen LogP contribution in [0.2, 0.25) is 0 Å². The van der Waals surface area contributed by atoms with Gasteiger partial charge >= 0.3 is 6.03 Å². The molecule has 1 aliphatic heterocycles. The second-order valence-electron chi connectivity index (χ2n) is 6.38. The summed E-state index contributed by atoms with van der Waals surface area (Å²) in [5, 5.41) is 8.57. The summed E-state index contributed by atoms with van der Waals surface area (Å²) in [6.07, 6.45) is 3.41. The van der Waals surface area contributed by atoms with Crippen LogP contribution < -0.4 is 21.7 Å². The third-order valence-corrected chi connectivity index (χ3v) is 5.12. The van der Waals surface area contributed by atoms with Crippen LogP contribution in [0, 0.1) is 0 Å². The molecule has 3 amide bonds. The van der Waals surface area contributed by atoms with Gasteiger partial charge in [-0.25, -0.2) is 4.79 Å².